The van der Waals surface area contributed by atoms with Crippen LogP contribution in [0.1, 0.15) is 0 Å². The molecular weight excluding hydrogens is 294 g/mol. The van der Waals surface area contributed by atoms with Crippen LogP contribution in [0.5, 0.6) is 0 Å². The summed E-state index contributed by atoms with van der Waals surface area (Å²) in [7, 11) is 0. The van der Waals surface area contributed by atoms with Crippen molar-refractivity contribution in [2.45, 2.75) is 0 Å². The van der Waals surface area contributed by atoms with Gasteiger partial charge < -0.3 is 10.2 Å². The SMILES string of the molecule is Nc1n[nH]c(-c2ccoc2Br)c1-c1ccccc1. The van der Waals surface area contributed by atoms with E-state index in [9.17, 15) is 0 Å². The van der Waals surface area contributed by atoms with Crippen LogP contribution >= 0.6 is 15.9 Å². The average molecular weight is 304 g/mol. The van der Waals surface area contributed by atoms with Crippen LogP contribution in [0.15, 0.2) is 51.7 Å². The number of furan rings is 1. The summed E-state index contributed by atoms with van der Waals surface area (Å²) in [6, 6.07) is 11.8. The zero-order valence-corrected chi connectivity index (χ0v) is 10.9. The number of H-pyrrole nitrogens is 1. The Morgan fingerprint density at radius 2 is 1.94 bits per heavy atom. The van der Waals surface area contributed by atoms with Crippen molar-refractivity contribution in [2.75, 3.05) is 5.73 Å². The molecule has 0 spiro atoms. The van der Waals surface area contributed by atoms with E-state index in [1.807, 2.05) is 36.4 Å². The molecule has 0 aliphatic heterocycles. The van der Waals surface area contributed by atoms with E-state index in [0.717, 1.165) is 22.4 Å². The summed E-state index contributed by atoms with van der Waals surface area (Å²) in [4.78, 5) is 0. The van der Waals surface area contributed by atoms with Gasteiger partial charge in [-0.15, -0.1) is 0 Å². The minimum Gasteiger partial charge on any atom is -0.457 e. The molecule has 2 aromatic heterocycles. The van der Waals surface area contributed by atoms with Gasteiger partial charge in [-0.05, 0) is 27.6 Å². The predicted molar refractivity (Wildman–Crippen MR) is 73.8 cm³/mol. The zero-order chi connectivity index (χ0) is 12.5. The lowest BCUT2D eigenvalue weighted by Gasteiger charge is -2.02. The van der Waals surface area contributed by atoms with Crippen LogP contribution in [0.25, 0.3) is 22.4 Å². The number of nitrogen functional groups attached to an aromatic ring is 1. The molecule has 0 atom stereocenters. The number of nitrogens with one attached hydrogen (secondary N) is 1. The van der Waals surface area contributed by atoms with Gasteiger partial charge in [0.1, 0.15) is 0 Å². The molecule has 3 aromatic rings. The Morgan fingerprint density at radius 1 is 1.17 bits per heavy atom. The first kappa shape index (κ1) is 11.1. The van der Waals surface area contributed by atoms with Crippen molar-refractivity contribution in [1.29, 1.82) is 0 Å². The van der Waals surface area contributed by atoms with Crippen molar-refractivity contribution in [3.63, 3.8) is 0 Å². The number of aromatic amines is 1. The minimum atomic E-state index is 0.476. The average Bonchev–Trinajstić information content (AvgIpc) is 2.96. The third-order valence-corrected chi connectivity index (χ3v) is 3.36. The Labute approximate surface area is 112 Å². The number of halogens is 1. The summed E-state index contributed by atoms with van der Waals surface area (Å²) < 4.78 is 5.90. The highest BCUT2D eigenvalue weighted by atomic mass is 79.9. The van der Waals surface area contributed by atoms with Crippen LogP contribution in [0.3, 0.4) is 0 Å². The molecule has 5 heteroatoms. The molecule has 4 nitrogen and oxygen atoms in total. The fourth-order valence-electron chi connectivity index (χ4n) is 1.92. The lowest BCUT2D eigenvalue weighted by atomic mass is 10.0. The van der Waals surface area contributed by atoms with Crippen molar-refractivity contribution >= 4 is 21.7 Å². The Balaban J connectivity index is 2.22. The number of rotatable bonds is 2. The highest BCUT2D eigenvalue weighted by molar-refractivity contribution is 9.10. The fraction of sp³-hybridized carbons (Fsp3) is 0. The van der Waals surface area contributed by atoms with Crippen LogP contribution in [-0.2, 0) is 0 Å². The highest BCUT2D eigenvalue weighted by Crippen LogP contribution is 2.38. The molecule has 0 amide bonds. The first-order chi connectivity index (χ1) is 8.77. The molecular formula is C13H10BrN3O. The minimum absolute atomic E-state index is 0.476. The van der Waals surface area contributed by atoms with E-state index in [2.05, 4.69) is 26.1 Å². The monoisotopic (exact) mass is 303 g/mol. The van der Waals surface area contributed by atoms with Crippen molar-refractivity contribution < 1.29 is 4.42 Å². The first-order valence-electron chi connectivity index (χ1n) is 5.40. The second kappa shape index (κ2) is 4.34. The lowest BCUT2D eigenvalue weighted by molar-refractivity contribution is 0.542. The van der Waals surface area contributed by atoms with Crippen LogP contribution in [-0.4, -0.2) is 10.2 Å². The Morgan fingerprint density at radius 3 is 2.61 bits per heavy atom. The molecule has 3 N–H and O–H groups in total. The number of hydrogen-bond donors (Lipinski definition) is 2. The van der Waals surface area contributed by atoms with Gasteiger partial charge in [-0.25, -0.2) is 0 Å². The summed E-state index contributed by atoms with van der Waals surface area (Å²) in [6.07, 6.45) is 1.62. The van der Waals surface area contributed by atoms with E-state index in [1.54, 1.807) is 6.26 Å². The molecule has 18 heavy (non-hydrogen) atoms. The second-order valence-electron chi connectivity index (χ2n) is 3.83. The molecule has 0 radical (unpaired) electrons. The molecule has 0 aliphatic carbocycles. The van der Waals surface area contributed by atoms with Gasteiger partial charge in [-0.3, -0.25) is 5.10 Å². The van der Waals surface area contributed by atoms with Gasteiger partial charge >= 0.3 is 0 Å². The largest absolute Gasteiger partial charge is 0.457 e. The molecule has 90 valence electrons. The third-order valence-electron chi connectivity index (χ3n) is 2.74. The normalized spacial score (nSPS) is 10.7. The Hall–Kier alpha value is -2.01. The third kappa shape index (κ3) is 1.73. The molecule has 0 saturated carbocycles. The molecule has 0 fully saturated rings. The molecule has 0 saturated heterocycles. The van der Waals surface area contributed by atoms with E-state index in [-0.39, 0.29) is 0 Å². The molecule has 0 unspecified atom stereocenters. The van der Waals surface area contributed by atoms with Gasteiger partial charge in [-0.2, -0.15) is 5.10 Å². The van der Waals surface area contributed by atoms with Crippen molar-refractivity contribution in [1.82, 2.24) is 10.2 Å². The Bertz CT molecular complexity index is 673. The standard InChI is InChI=1S/C13H10BrN3O/c14-12-9(6-7-18-12)11-10(13(15)17-16-11)8-4-2-1-3-5-8/h1-7H,(H3,15,16,17). The van der Waals surface area contributed by atoms with Gasteiger partial charge in [0.25, 0.3) is 0 Å². The Kier molecular flexibility index (Phi) is 2.68. The topological polar surface area (TPSA) is 67.8 Å². The van der Waals surface area contributed by atoms with Crippen molar-refractivity contribution in [3.8, 4) is 22.4 Å². The number of nitrogens with two attached hydrogens (primary N) is 1. The van der Waals surface area contributed by atoms with E-state index in [1.165, 1.54) is 0 Å². The van der Waals surface area contributed by atoms with E-state index in [4.69, 9.17) is 10.2 Å². The number of nitrogens with zero attached hydrogens (tertiary/aromatic N) is 1. The van der Waals surface area contributed by atoms with Gasteiger partial charge in [0.2, 0.25) is 0 Å². The molecule has 0 aliphatic rings. The zero-order valence-electron chi connectivity index (χ0n) is 9.35. The molecule has 3 rings (SSSR count). The molecule has 1 aromatic carbocycles. The fourth-order valence-corrected chi connectivity index (χ4v) is 2.36. The van der Waals surface area contributed by atoms with E-state index >= 15 is 0 Å². The van der Waals surface area contributed by atoms with Gasteiger partial charge in [0, 0.05) is 0 Å². The van der Waals surface area contributed by atoms with Gasteiger partial charge in [0.15, 0.2) is 10.5 Å². The number of benzene rings is 1. The lowest BCUT2D eigenvalue weighted by Crippen LogP contribution is -1.88. The van der Waals surface area contributed by atoms with Crippen LogP contribution in [0.2, 0.25) is 0 Å². The number of aromatic nitrogens is 2. The van der Waals surface area contributed by atoms with E-state index < -0.39 is 0 Å². The number of hydrogen-bond acceptors (Lipinski definition) is 3. The van der Waals surface area contributed by atoms with E-state index in [0.29, 0.717) is 10.5 Å². The number of anilines is 1. The van der Waals surface area contributed by atoms with Gasteiger partial charge in [0.05, 0.1) is 23.1 Å². The summed E-state index contributed by atoms with van der Waals surface area (Å²) in [5.41, 5.74) is 9.60. The summed E-state index contributed by atoms with van der Waals surface area (Å²) in [6.45, 7) is 0. The summed E-state index contributed by atoms with van der Waals surface area (Å²) in [5, 5.41) is 7.03. The quantitative estimate of drug-likeness (QED) is 0.759. The molecule has 0 bridgehead atoms. The second-order valence-corrected chi connectivity index (χ2v) is 4.55. The van der Waals surface area contributed by atoms with Crippen LogP contribution in [0.4, 0.5) is 5.82 Å². The maximum absolute atomic E-state index is 5.94. The van der Waals surface area contributed by atoms with Crippen molar-refractivity contribution in [2.24, 2.45) is 0 Å². The van der Waals surface area contributed by atoms with Crippen LogP contribution in [0, 0.1) is 0 Å². The van der Waals surface area contributed by atoms with Crippen LogP contribution < -0.4 is 5.73 Å². The predicted octanol–water partition coefficient (Wildman–Crippen LogP) is 3.68. The maximum Gasteiger partial charge on any atom is 0.178 e. The maximum atomic E-state index is 5.94. The molecule has 2 heterocycles. The first-order valence-corrected chi connectivity index (χ1v) is 6.19. The van der Waals surface area contributed by atoms with Crippen molar-refractivity contribution in [3.05, 3.63) is 47.3 Å². The summed E-state index contributed by atoms with van der Waals surface area (Å²) >= 11 is 3.36. The summed E-state index contributed by atoms with van der Waals surface area (Å²) in [5.74, 6) is 0.476. The smallest absolute Gasteiger partial charge is 0.178 e. The highest BCUT2D eigenvalue weighted by Gasteiger charge is 2.17. The van der Waals surface area contributed by atoms with Gasteiger partial charge in [-0.1, -0.05) is 30.3 Å².